The van der Waals surface area contributed by atoms with Gasteiger partial charge >= 0.3 is 0 Å². The maximum absolute atomic E-state index is 8.55. The quantitative estimate of drug-likeness (QED) is 0.520. The van der Waals surface area contributed by atoms with Gasteiger partial charge in [0.1, 0.15) is 12.4 Å². The SMILES string of the molecule is C#C/C(CC(C)C)=C(/C)OCCO. The standard InChI is InChI=1S/C11H18O2/c1-5-11(8-9(2)3)10(4)13-7-6-12/h1,9,12H,6-8H2,2-4H3/b11-10+. The van der Waals surface area contributed by atoms with Gasteiger partial charge in [0.25, 0.3) is 0 Å². The zero-order valence-corrected chi connectivity index (χ0v) is 8.63. The second kappa shape index (κ2) is 6.56. The van der Waals surface area contributed by atoms with E-state index in [1.807, 2.05) is 6.92 Å². The highest BCUT2D eigenvalue weighted by Crippen LogP contribution is 2.14. The molecule has 0 heterocycles. The minimum Gasteiger partial charge on any atom is -0.495 e. The minimum atomic E-state index is 0.0247. The fraction of sp³-hybridized carbons (Fsp3) is 0.636. The van der Waals surface area contributed by atoms with Crippen molar-refractivity contribution in [3.63, 3.8) is 0 Å². The molecule has 0 radical (unpaired) electrons. The number of rotatable bonds is 5. The summed E-state index contributed by atoms with van der Waals surface area (Å²) in [5, 5.41) is 8.55. The van der Waals surface area contributed by atoms with E-state index in [1.165, 1.54) is 0 Å². The van der Waals surface area contributed by atoms with Crippen LogP contribution in [0.3, 0.4) is 0 Å². The van der Waals surface area contributed by atoms with Crippen LogP contribution in [0.25, 0.3) is 0 Å². The number of allylic oxidation sites excluding steroid dienone is 2. The fourth-order valence-electron chi connectivity index (χ4n) is 0.998. The molecule has 0 aliphatic rings. The molecule has 0 saturated carbocycles. The van der Waals surface area contributed by atoms with Crippen LogP contribution in [0.15, 0.2) is 11.3 Å². The van der Waals surface area contributed by atoms with Gasteiger partial charge in [-0.1, -0.05) is 19.8 Å². The molecule has 74 valence electrons. The summed E-state index contributed by atoms with van der Waals surface area (Å²) < 4.78 is 5.23. The highest BCUT2D eigenvalue weighted by atomic mass is 16.5. The first-order valence-electron chi connectivity index (χ1n) is 4.51. The van der Waals surface area contributed by atoms with E-state index >= 15 is 0 Å². The van der Waals surface area contributed by atoms with Crippen LogP contribution < -0.4 is 0 Å². The van der Waals surface area contributed by atoms with E-state index in [9.17, 15) is 0 Å². The van der Waals surface area contributed by atoms with Gasteiger partial charge in [-0.15, -0.1) is 6.42 Å². The predicted octanol–water partition coefficient (Wildman–Crippen LogP) is 1.95. The molecule has 0 bridgehead atoms. The summed E-state index contributed by atoms with van der Waals surface area (Å²) in [4.78, 5) is 0. The van der Waals surface area contributed by atoms with E-state index in [4.69, 9.17) is 16.3 Å². The van der Waals surface area contributed by atoms with Crippen molar-refractivity contribution in [1.82, 2.24) is 0 Å². The second-order valence-electron chi connectivity index (χ2n) is 3.35. The molecule has 2 heteroatoms. The summed E-state index contributed by atoms with van der Waals surface area (Å²) in [6, 6.07) is 0. The Labute approximate surface area is 80.6 Å². The monoisotopic (exact) mass is 182 g/mol. The summed E-state index contributed by atoms with van der Waals surface area (Å²) in [5.74, 6) is 3.90. The van der Waals surface area contributed by atoms with Crippen molar-refractivity contribution >= 4 is 0 Å². The van der Waals surface area contributed by atoms with Crippen LogP contribution in [0.4, 0.5) is 0 Å². The molecule has 0 fully saturated rings. The van der Waals surface area contributed by atoms with Gasteiger partial charge in [0.05, 0.1) is 6.61 Å². The smallest absolute Gasteiger partial charge is 0.111 e. The van der Waals surface area contributed by atoms with Crippen molar-refractivity contribution in [3.8, 4) is 12.3 Å². The summed E-state index contributed by atoms with van der Waals surface area (Å²) in [6.07, 6.45) is 6.20. The van der Waals surface area contributed by atoms with Crippen molar-refractivity contribution < 1.29 is 9.84 Å². The molecule has 0 amide bonds. The highest BCUT2D eigenvalue weighted by Gasteiger charge is 2.03. The Morgan fingerprint density at radius 3 is 2.54 bits per heavy atom. The van der Waals surface area contributed by atoms with E-state index < -0.39 is 0 Å². The third kappa shape index (κ3) is 5.32. The van der Waals surface area contributed by atoms with Crippen LogP contribution in [-0.4, -0.2) is 18.3 Å². The first kappa shape index (κ1) is 12.1. The average molecular weight is 182 g/mol. The lowest BCUT2D eigenvalue weighted by Gasteiger charge is -2.10. The maximum Gasteiger partial charge on any atom is 0.111 e. The third-order valence-electron chi connectivity index (χ3n) is 1.62. The van der Waals surface area contributed by atoms with Crippen molar-refractivity contribution in [2.24, 2.45) is 5.92 Å². The Balaban J connectivity index is 4.24. The minimum absolute atomic E-state index is 0.0247. The van der Waals surface area contributed by atoms with E-state index in [-0.39, 0.29) is 6.61 Å². The van der Waals surface area contributed by atoms with E-state index in [0.29, 0.717) is 12.5 Å². The van der Waals surface area contributed by atoms with Crippen LogP contribution in [0.2, 0.25) is 0 Å². The molecule has 2 nitrogen and oxygen atoms in total. The largest absolute Gasteiger partial charge is 0.495 e. The molecule has 0 aromatic carbocycles. The molecule has 1 N–H and O–H groups in total. The van der Waals surface area contributed by atoms with Gasteiger partial charge in [-0.3, -0.25) is 0 Å². The molecule has 0 saturated heterocycles. The molecule has 0 aliphatic heterocycles. The van der Waals surface area contributed by atoms with E-state index in [1.54, 1.807) is 0 Å². The Hall–Kier alpha value is -0.940. The van der Waals surface area contributed by atoms with Crippen molar-refractivity contribution in [3.05, 3.63) is 11.3 Å². The normalized spacial score (nSPS) is 12.3. The topological polar surface area (TPSA) is 29.5 Å². The van der Waals surface area contributed by atoms with Crippen LogP contribution in [0.1, 0.15) is 27.2 Å². The Morgan fingerprint density at radius 1 is 1.54 bits per heavy atom. The van der Waals surface area contributed by atoms with Gasteiger partial charge in [0.2, 0.25) is 0 Å². The lowest BCUT2D eigenvalue weighted by molar-refractivity contribution is 0.144. The van der Waals surface area contributed by atoms with Crippen molar-refractivity contribution in [1.29, 1.82) is 0 Å². The molecule has 13 heavy (non-hydrogen) atoms. The maximum atomic E-state index is 8.55. The number of aliphatic hydroxyl groups excluding tert-OH is 1. The number of hydrogen-bond donors (Lipinski definition) is 1. The first-order chi connectivity index (χ1) is 6.11. The van der Waals surface area contributed by atoms with Gasteiger partial charge in [-0.25, -0.2) is 0 Å². The summed E-state index contributed by atoms with van der Waals surface area (Å²) in [6.45, 7) is 6.40. The number of ether oxygens (including phenoxy) is 1. The fourth-order valence-corrected chi connectivity index (χ4v) is 0.998. The third-order valence-corrected chi connectivity index (χ3v) is 1.62. The molecule has 0 aromatic rings. The Kier molecular flexibility index (Phi) is 6.09. The summed E-state index contributed by atoms with van der Waals surface area (Å²) in [7, 11) is 0. The molecule has 0 unspecified atom stereocenters. The summed E-state index contributed by atoms with van der Waals surface area (Å²) >= 11 is 0. The second-order valence-corrected chi connectivity index (χ2v) is 3.35. The molecular weight excluding hydrogens is 164 g/mol. The van der Waals surface area contributed by atoms with Crippen LogP contribution in [0, 0.1) is 18.3 Å². The van der Waals surface area contributed by atoms with Crippen LogP contribution in [-0.2, 0) is 4.74 Å². The van der Waals surface area contributed by atoms with Gasteiger partial charge in [0, 0.05) is 5.57 Å². The number of hydrogen-bond acceptors (Lipinski definition) is 2. The average Bonchev–Trinajstić information content (AvgIpc) is 2.09. The van der Waals surface area contributed by atoms with Crippen LogP contribution >= 0.6 is 0 Å². The number of terminal acetylenes is 1. The van der Waals surface area contributed by atoms with Crippen LogP contribution in [0.5, 0.6) is 0 Å². The number of aliphatic hydroxyl groups is 1. The van der Waals surface area contributed by atoms with Crippen molar-refractivity contribution in [2.45, 2.75) is 27.2 Å². The van der Waals surface area contributed by atoms with Gasteiger partial charge < -0.3 is 9.84 Å². The van der Waals surface area contributed by atoms with Gasteiger partial charge in [-0.2, -0.15) is 0 Å². The summed E-state index contributed by atoms with van der Waals surface area (Å²) in [5.41, 5.74) is 0.892. The van der Waals surface area contributed by atoms with Gasteiger partial charge in [0.15, 0.2) is 0 Å². The zero-order chi connectivity index (χ0) is 10.3. The highest BCUT2D eigenvalue weighted by molar-refractivity contribution is 5.27. The molecule has 0 aromatic heterocycles. The van der Waals surface area contributed by atoms with Gasteiger partial charge in [-0.05, 0) is 19.3 Å². The lowest BCUT2D eigenvalue weighted by atomic mass is 10.0. The Morgan fingerprint density at radius 2 is 2.15 bits per heavy atom. The molecular formula is C11H18O2. The first-order valence-corrected chi connectivity index (χ1v) is 4.51. The van der Waals surface area contributed by atoms with Crippen molar-refractivity contribution in [2.75, 3.05) is 13.2 Å². The van der Waals surface area contributed by atoms with E-state index in [2.05, 4.69) is 19.8 Å². The molecule has 0 atom stereocenters. The predicted molar refractivity (Wildman–Crippen MR) is 54.0 cm³/mol. The molecule has 0 aliphatic carbocycles. The van der Waals surface area contributed by atoms with E-state index in [0.717, 1.165) is 17.8 Å². The zero-order valence-electron chi connectivity index (χ0n) is 8.63. The Bertz CT molecular complexity index is 209. The molecule has 0 rings (SSSR count). The molecule has 0 spiro atoms. The lowest BCUT2D eigenvalue weighted by Crippen LogP contribution is -2.01.